The van der Waals surface area contributed by atoms with E-state index in [1.54, 1.807) is 15.9 Å². The highest BCUT2D eigenvalue weighted by Crippen LogP contribution is 2.37. The predicted octanol–water partition coefficient (Wildman–Crippen LogP) is 5.86. The van der Waals surface area contributed by atoms with Crippen molar-refractivity contribution in [1.82, 2.24) is 9.97 Å². The molecule has 6 nitrogen and oxygen atoms in total. The van der Waals surface area contributed by atoms with Crippen LogP contribution in [0.1, 0.15) is 44.1 Å². The van der Waals surface area contributed by atoms with Gasteiger partial charge < -0.3 is 9.80 Å². The number of piperidine rings is 2. The molecule has 3 aromatic rings. The smallest absolute Gasteiger partial charge is 0.312 e. The molecule has 9 heteroatoms. The summed E-state index contributed by atoms with van der Waals surface area (Å²) in [5, 5.41) is 0. The summed E-state index contributed by atoms with van der Waals surface area (Å²) in [7, 11) is 0. The summed E-state index contributed by atoms with van der Waals surface area (Å²) in [6.07, 6.45) is 3.72. The zero-order chi connectivity index (χ0) is 25.3. The molecule has 2 aliphatic rings. The van der Waals surface area contributed by atoms with E-state index in [2.05, 4.69) is 9.97 Å². The Morgan fingerprint density at radius 2 is 1.39 bits per heavy atom. The number of amides is 2. The monoisotopic (exact) mass is 494 g/mol. The molecule has 4 heterocycles. The molecule has 0 unspecified atom stereocenters. The van der Waals surface area contributed by atoms with Gasteiger partial charge in [-0.1, -0.05) is 6.07 Å². The van der Waals surface area contributed by atoms with E-state index in [4.69, 9.17) is 0 Å². The van der Waals surface area contributed by atoms with Crippen LogP contribution in [0.25, 0.3) is 22.4 Å². The molecule has 2 aromatic heterocycles. The van der Waals surface area contributed by atoms with Gasteiger partial charge in [-0.15, -0.1) is 0 Å². The molecule has 2 saturated heterocycles. The maximum atomic E-state index is 13.5. The van der Waals surface area contributed by atoms with Crippen LogP contribution in [-0.2, 0) is 15.8 Å². The molecular weight excluding hydrogens is 469 g/mol. The minimum atomic E-state index is -4.52. The molecule has 0 N–H and O–H groups in total. The Labute approximate surface area is 206 Å². The molecule has 0 radical (unpaired) electrons. The Morgan fingerprint density at radius 3 is 1.92 bits per heavy atom. The van der Waals surface area contributed by atoms with E-state index in [1.807, 2.05) is 18.2 Å². The van der Waals surface area contributed by atoms with Crippen LogP contribution in [0.4, 0.5) is 24.5 Å². The van der Waals surface area contributed by atoms with Gasteiger partial charge in [-0.25, -0.2) is 0 Å². The van der Waals surface area contributed by atoms with E-state index in [1.165, 1.54) is 12.3 Å². The lowest BCUT2D eigenvalue weighted by molar-refractivity contribution is -0.137. The van der Waals surface area contributed by atoms with E-state index < -0.39 is 11.7 Å². The number of benzene rings is 1. The number of carbonyl (C=O) groups excluding carboxylic acids is 2. The Kier molecular flexibility index (Phi) is 6.47. The minimum absolute atomic E-state index is 0.0408. The largest absolute Gasteiger partial charge is 0.417 e. The van der Waals surface area contributed by atoms with Crippen LogP contribution < -0.4 is 9.80 Å². The van der Waals surface area contributed by atoms with E-state index in [-0.39, 0.29) is 23.1 Å². The fraction of sp³-hybridized carbons (Fsp3) is 0.333. The number of anilines is 2. The first-order valence-corrected chi connectivity index (χ1v) is 12.0. The van der Waals surface area contributed by atoms with Gasteiger partial charge >= 0.3 is 6.18 Å². The molecule has 5 rings (SSSR count). The van der Waals surface area contributed by atoms with Crippen LogP contribution in [0.5, 0.6) is 0 Å². The predicted molar refractivity (Wildman–Crippen MR) is 130 cm³/mol. The number of nitrogens with zero attached hydrogens (tertiary/aromatic N) is 4. The molecule has 2 amide bonds. The lowest BCUT2D eigenvalue weighted by atomic mass is 10.0. The van der Waals surface area contributed by atoms with Crippen molar-refractivity contribution in [1.29, 1.82) is 0 Å². The number of halogens is 3. The van der Waals surface area contributed by atoms with Crippen molar-refractivity contribution >= 4 is 23.2 Å². The number of alkyl halides is 3. The molecule has 2 fully saturated rings. The molecule has 1 aromatic carbocycles. The number of hydrogen-bond acceptors (Lipinski definition) is 4. The first-order valence-electron chi connectivity index (χ1n) is 12.0. The van der Waals surface area contributed by atoms with Gasteiger partial charge in [-0.2, -0.15) is 13.2 Å². The number of pyridine rings is 2. The van der Waals surface area contributed by atoms with E-state index >= 15 is 0 Å². The summed E-state index contributed by atoms with van der Waals surface area (Å²) < 4.78 is 40.4. The normalized spacial score (nSPS) is 17.0. The fourth-order valence-corrected chi connectivity index (χ4v) is 4.80. The quantitative estimate of drug-likeness (QED) is 0.456. The maximum absolute atomic E-state index is 13.5. The van der Waals surface area contributed by atoms with Gasteiger partial charge in [0.1, 0.15) is 0 Å². The van der Waals surface area contributed by atoms with Gasteiger partial charge in [0.05, 0.1) is 11.3 Å². The van der Waals surface area contributed by atoms with Crippen LogP contribution in [0, 0.1) is 0 Å². The standard InChI is InChI=1S/C27H25F3N4O2/c28-27(29,30)23-9-10-31-17-22(23)24-8-7-18(16-32-24)19-13-20(33-11-3-1-5-25(33)35)15-21(14-19)34-12-4-2-6-26(34)36/h7-10,13-17H,1-6,11-12H2. The van der Waals surface area contributed by atoms with E-state index in [0.29, 0.717) is 42.9 Å². The van der Waals surface area contributed by atoms with Crippen LogP contribution in [-0.4, -0.2) is 34.9 Å². The van der Waals surface area contributed by atoms with Crippen molar-refractivity contribution in [2.75, 3.05) is 22.9 Å². The molecule has 0 aliphatic carbocycles. The highest BCUT2D eigenvalue weighted by Gasteiger charge is 2.34. The third-order valence-electron chi connectivity index (χ3n) is 6.67. The summed E-state index contributed by atoms with van der Waals surface area (Å²) in [5.41, 5.74) is 2.10. The zero-order valence-electron chi connectivity index (χ0n) is 19.6. The highest BCUT2D eigenvalue weighted by molar-refractivity contribution is 5.98. The Bertz CT molecular complexity index is 1240. The number of carbonyl (C=O) groups is 2. The SMILES string of the molecule is O=C1CCCCN1c1cc(-c2ccc(-c3cnccc3C(F)(F)F)nc2)cc(N2CCCCC2=O)c1. The van der Waals surface area contributed by atoms with Gasteiger partial charge in [0, 0.05) is 67.0 Å². The summed E-state index contributed by atoms with van der Waals surface area (Å²) in [6, 6.07) is 9.81. The third kappa shape index (κ3) is 4.82. The average Bonchev–Trinajstić information content (AvgIpc) is 2.88. The van der Waals surface area contributed by atoms with Gasteiger partial charge in [-0.05, 0) is 61.6 Å². The molecule has 2 aliphatic heterocycles. The average molecular weight is 495 g/mol. The van der Waals surface area contributed by atoms with Gasteiger partial charge in [0.2, 0.25) is 11.8 Å². The molecule has 0 saturated carbocycles. The summed E-state index contributed by atoms with van der Waals surface area (Å²) in [5.74, 6) is 0.0816. The molecule has 36 heavy (non-hydrogen) atoms. The topological polar surface area (TPSA) is 66.4 Å². The van der Waals surface area contributed by atoms with E-state index in [9.17, 15) is 22.8 Å². The second-order valence-corrected chi connectivity index (χ2v) is 9.09. The van der Waals surface area contributed by atoms with Crippen molar-refractivity contribution in [2.45, 2.75) is 44.7 Å². The second-order valence-electron chi connectivity index (χ2n) is 9.09. The molecule has 0 bridgehead atoms. The summed E-state index contributed by atoms with van der Waals surface area (Å²) >= 11 is 0. The first-order chi connectivity index (χ1) is 17.3. The van der Waals surface area contributed by atoms with Crippen molar-refractivity contribution in [2.24, 2.45) is 0 Å². The molecule has 0 atom stereocenters. The van der Waals surface area contributed by atoms with Crippen LogP contribution in [0.2, 0.25) is 0 Å². The van der Waals surface area contributed by atoms with Crippen molar-refractivity contribution < 1.29 is 22.8 Å². The molecular formula is C27H25F3N4O2. The number of hydrogen-bond donors (Lipinski definition) is 0. The van der Waals surface area contributed by atoms with Crippen LogP contribution >= 0.6 is 0 Å². The number of aromatic nitrogens is 2. The zero-order valence-corrected chi connectivity index (χ0v) is 19.6. The van der Waals surface area contributed by atoms with Crippen LogP contribution in [0.3, 0.4) is 0 Å². The summed E-state index contributed by atoms with van der Waals surface area (Å²) in [6.45, 7) is 1.21. The van der Waals surface area contributed by atoms with Gasteiger partial charge in [0.25, 0.3) is 0 Å². The van der Waals surface area contributed by atoms with Gasteiger partial charge in [-0.3, -0.25) is 19.6 Å². The Morgan fingerprint density at radius 1 is 0.750 bits per heavy atom. The highest BCUT2D eigenvalue weighted by atomic mass is 19.4. The first kappa shape index (κ1) is 24.0. The summed E-state index contributed by atoms with van der Waals surface area (Å²) in [4.78, 5) is 36.9. The number of rotatable bonds is 4. The lowest BCUT2D eigenvalue weighted by Crippen LogP contribution is -2.37. The van der Waals surface area contributed by atoms with Crippen molar-refractivity contribution in [3.05, 3.63) is 60.6 Å². The van der Waals surface area contributed by atoms with Crippen LogP contribution in [0.15, 0.2) is 55.0 Å². The Hall–Kier alpha value is -3.75. The van der Waals surface area contributed by atoms with Crippen molar-refractivity contribution in [3.63, 3.8) is 0 Å². The molecule has 0 spiro atoms. The van der Waals surface area contributed by atoms with Crippen molar-refractivity contribution in [3.8, 4) is 22.4 Å². The third-order valence-corrected chi connectivity index (χ3v) is 6.67. The molecule has 186 valence electrons. The van der Waals surface area contributed by atoms with E-state index in [0.717, 1.165) is 49.7 Å². The second kappa shape index (κ2) is 9.72. The Balaban J connectivity index is 1.55. The van der Waals surface area contributed by atoms with Gasteiger partial charge in [0.15, 0.2) is 0 Å². The maximum Gasteiger partial charge on any atom is 0.417 e. The lowest BCUT2D eigenvalue weighted by Gasteiger charge is -2.31. The minimum Gasteiger partial charge on any atom is -0.312 e. The fourth-order valence-electron chi connectivity index (χ4n) is 4.80.